The molecule has 0 spiro atoms. The monoisotopic (exact) mass is 188 g/mol. The second-order valence-corrected chi connectivity index (χ2v) is 3.57. The van der Waals surface area contributed by atoms with Crippen molar-refractivity contribution in [3.63, 3.8) is 0 Å². The van der Waals surface area contributed by atoms with Gasteiger partial charge < -0.3 is 0 Å². The lowest BCUT2D eigenvalue weighted by Crippen LogP contribution is -1.73. The van der Waals surface area contributed by atoms with Crippen LogP contribution in [0.2, 0.25) is 0 Å². The van der Waals surface area contributed by atoms with Gasteiger partial charge in [0.25, 0.3) is 0 Å². The third-order valence-corrected chi connectivity index (χ3v) is 2.26. The first-order valence-corrected chi connectivity index (χ1v) is 5.63. The van der Waals surface area contributed by atoms with E-state index in [1.807, 2.05) is 0 Å². The summed E-state index contributed by atoms with van der Waals surface area (Å²) >= 11 is 0. The van der Waals surface area contributed by atoms with Gasteiger partial charge in [-0.1, -0.05) is 48.6 Å². The van der Waals surface area contributed by atoms with Crippen LogP contribution in [0.15, 0.2) is 48.6 Å². The molecule has 1 aliphatic rings. The third-order valence-electron chi connectivity index (χ3n) is 2.26. The highest BCUT2D eigenvalue weighted by atomic mass is 13.9. The number of allylic oxidation sites excluding steroid dienone is 8. The zero-order chi connectivity index (χ0) is 9.90. The smallest absolute Gasteiger partial charge is 0.0313 e. The van der Waals surface area contributed by atoms with E-state index in [4.69, 9.17) is 0 Å². The molecule has 0 heteroatoms. The largest absolute Gasteiger partial charge is 0.0885 e. The highest BCUT2D eigenvalue weighted by Crippen LogP contribution is 2.03. The number of hydrogen-bond donors (Lipinski definition) is 0. The predicted octanol–water partition coefficient (Wildman–Crippen LogP) is 4.57. The van der Waals surface area contributed by atoms with Gasteiger partial charge in [-0.2, -0.15) is 0 Å². The summed E-state index contributed by atoms with van der Waals surface area (Å²) < 4.78 is 0. The fourth-order valence-corrected chi connectivity index (χ4v) is 1.43. The molecule has 0 aliphatic heterocycles. The molecule has 0 aromatic carbocycles. The van der Waals surface area contributed by atoms with Crippen LogP contribution in [0, 0.1) is 0 Å². The first-order valence-electron chi connectivity index (χ1n) is 5.63. The zero-order valence-corrected chi connectivity index (χ0v) is 8.86. The SMILES string of the molecule is C1=C\CCCC/C=C/CC/C=C/C=C/1. The molecule has 0 aromatic rings. The molecule has 0 aromatic heterocycles. The fraction of sp³-hybridized carbons (Fsp3) is 0.429. The van der Waals surface area contributed by atoms with Crippen LogP contribution in [0.5, 0.6) is 0 Å². The molecule has 0 unspecified atom stereocenters. The Labute approximate surface area is 87.7 Å². The summed E-state index contributed by atoms with van der Waals surface area (Å²) in [5.41, 5.74) is 0. The van der Waals surface area contributed by atoms with Crippen LogP contribution in [0.1, 0.15) is 38.5 Å². The van der Waals surface area contributed by atoms with Crippen molar-refractivity contribution in [1.82, 2.24) is 0 Å². The summed E-state index contributed by atoms with van der Waals surface area (Å²) in [6.07, 6.45) is 25.0. The zero-order valence-electron chi connectivity index (χ0n) is 8.86. The molecule has 0 radical (unpaired) electrons. The molecule has 0 heterocycles. The van der Waals surface area contributed by atoms with Gasteiger partial charge in [-0.15, -0.1) is 0 Å². The first kappa shape index (κ1) is 11.0. The molecule has 0 fully saturated rings. The van der Waals surface area contributed by atoms with Gasteiger partial charge in [0.1, 0.15) is 0 Å². The minimum absolute atomic E-state index is 1.16. The summed E-state index contributed by atoms with van der Waals surface area (Å²) in [4.78, 5) is 0. The summed E-state index contributed by atoms with van der Waals surface area (Å²) in [7, 11) is 0. The molecule has 76 valence electrons. The van der Waals surface area contributed by atoms with E-state index in [2.05, 4.69) is 48.6 Å². The lowest BCUT2D eigenvalue weighted by molar-refractivity contribution is 0.760. The second-order valence-electron chi connectivity index (χ2n) is 3.57. The van der Waals surface area contributed by atoms with E-state index in [0.29, 0.717) is 0 Å². The van der Waals surface area contributed by atoms with Gasteiger partial charge in [-0.05, 0) is 38.5 Å². The maximum absolute atomic E-state index is 2.32. The topological polar surface area (TPSA) is 0 Å². The minimum atomic E-state index is 1.16. The van der Waals surface area contributed by atoms with Gasteiger partial charge in [0.15, 0.2) is 0 Å². The molecular weight excluding hydrogens is 168 g/mol. The second kappa shape index (κ2) is 8.55. The average molecular weight is 188 g/mol. The van der Waals surface area contributed by atoms with Gasteiger partial charge in [-0.25, -0.2) is 0 Å². The van der Waals surface area contributed by atoms with Crippen molar-refractivity contribution in [1.29, 1.82) is 0 Å². The Morgan fingerprint density at radius 1 is 0.429 bits per heavy atom. The molecule has 1 rings (SSSR count). The van der Waals surface area contributed by atoms with E-state index in [0.717, 1.165) is 6.42 Å². The van der Waals surface area contributed by atoms with E-state index in [-0.39, 0.29) is 0 Å². The Morgan fingerprint density at radius 3 is 1.71 bits per heavy atom. The summed E-state index contributed by atoms with van der Waals surface area (Å²) in [6.45, 7) is 0. The molecule has 0 nitrogen and oxygen atoms in total. The van der Waals surface area contributed by atoms with Crippen molar-refractivity contribution in [2.24, 2.45) is 0 Å². The molecule has 0 atom stereocenters. The molecule has 0 saturated carbocycles. The van der Waals surface area contributed by atoms with E-state index in [1.54, 1.807) is 0 Å². The molecule has 0 N–H and O–H groups in total. The van der Waals surface area contributed by atoms with Gasteiger partial charge in [0.05, 0.1) is 0 Å². The van der Waals surface area contributed by atoms with Gasteiger partial charge in [-0.3, -0.25) is 0 Å². The van der Waals surface area contributed by atoms with E-state index >= 15 is 0 Å². The van der Waals surface area contributed by atoms with Crippen molar-refractivity contribution in [3.8, 4) is 0 Å². The lowest BCUT2D eigenvalue weighted by Gasteiger charge is -1.93. The third kappa shape index (κ3) is 6.47. The summed E-state index contributed by atoms with van der Waals surface area (Å²) in [5, 5.41) is 0. The predicted molar refractivity (Wildman–Crippen MR) is 64.3 cm³/mol. The Hall–Kier alpha value is -1.04. The molecular formula is C14H20. The van der Waals surface area contributed by atoms with Crippen molar-refractivity contribution >= 4 is 0 Å². The lowest BCUT2D eigenvalue weighted by atomic mass is 10.1. The van der Waals surface area contributed by atoms with Crippen molar-refractivity contribution < 1.29 is 0 Å². The Morgan fingerprint density at radius 2 is 0.929 bits per heavy atom. The maximum atomic E-state index is 2.32. The van der Waals surface area contributed by atoms with E-state index in [9.17, 15) is 0 Å². The van der Waals surface area contributed by atoms with Crippen LogP contribution in [-0.4, -0.2) is 0 Å². The highest BCUT2D eigenvalue weighted by molar-refractivity contribution is 5.11. The molecule has 0 saturated heterocycles. The average Bonchev–Trinajstić information content (AvgIpc) is 2.22. The summed E-state index contributed by atoms with van der Waals surface area (Å²) in [6, 6.07) is 0. The molecule has 0 amide bonds. The standard InChI is InChI=1S/C14H20/c1-2-4-6-8-10-12-14-13-11-9-7-5-3-1/h1-6,11,13H,7-10,12,14H2/b2-1+,5-3+,6-4-,13-11+. The van der Waals surface area contributed by atoms with Gasteiger partial charge in [0, 0.05) is 0 Å². The van der Waals surface area contributed by atoms with Crippen LogP contribution in [-0.2, 0) is 0 Å². The fourth-order valence-electron chi connectivity index (χ4n) is 1.43. The Balaban J connectivity index is 2.35. The maximum Gasteiger partial charge on any atom is -0.0313 e. The normalized spacial score (nSPS) is 28.6. The quantitative estimate of drug-likeness (QED) is 0.489. The Bertz CT molecular complexity index is 228. The van der Waals surface area contributed by atoms with Crippen molar-refractivity contribution in [2.75, 3.05) is 0 Å². The molecule has 0 bridgehead atoms. The minimum Gasteiger partial charge on any atom is -0.0885 e. The van der Waals surface area contributed by atoms with E-state index in [1.165, 1.54) is 32.1 Å². The van der Waals surface area contributed by atoms with Gasteiger partial charge >= 0.3 is 0 Å². The molecule has 1 aliphatic carbocycles. The van der Waals surface area contributed by atoms with Crippen LogP contribution in [0.4, 0.5) is 0 Å². The van der Waals surface area contributed by atoms with Crippen LogP contribution >= 0.6 is 0 Å². The first-order chi connectivity index (χ1) is 7.00. The van der Waals surface area contributed by atoms with Crippen LogP contribution < -0.4 is 0 Å². The molecule has 14 heavy (non-hydrogen) atoms. The van der Waals surface area contributed by atoms with Crippen molar-refractivity contribution in [3.05, 3.63) is 48.6 Å². The van der Waals surface area contributed by atoms with Crippen LogP contribution in [0.25, 0.3) is 0 Å². The van der Waals surface area contributed by atoms with Crippen molar-refractivity contribution in [2.45, 2.75) is 38.5 Å². The highest BCUT2D eigenvalue weighted by Gasteiger charge is 1.83. The number of hydrogen-bond acceptors (Lipinski definition) is 0. The van der Waals surface area contributed by atoms with Crippen LogP contribution in [0.3, 0.4) is 0 Å². The number of rotatable bonds is 0. The van der Waals surface area contributed by atoms with Gasteiger partial charge in [0.2, 0.25) is 0 Å². The summed E-state index contributed by atoms with van der Waals surface area (Å²) in [5.74, 6) is 0. The Kier molecular flexibility index (Phi) is 6.74. The van der Waals surface area contributed by atoms with E-state index < -0.39 is 0 Å².